The van der Waals surface area contributed by atoms with Crippen molar-refractivity contribution in [2.24, 2.45) is 5.92 Å². The predicted molar refractivity (Wildman–Crippen MR) is 67.3 cm³/mol. The van der Waals surface area contributed by atoms with E-state index >= 15 is 0 Å². The summed E-state index contributed by atoms with van der Waals surface area (Å²) in [5.41, 5.74) is 1.26. The molecule has 1 saturated carbocycles. The highest BCUT2D eigenvalue weighted by Crippen LogP contribution is 2.27. The van der Waals surface area contributed by atoms with E-state index in [0.29, 0.717) is 5.02 Å². The molecule has 1 N–H and O–H groups in total. The Hall–Kier alpha value is -0.730. The smallest absolute Gasteiger partial charge is 0.137 e. The summed E-state index contributed by atoms with van der Waals surface area (Å²) in [5.74, 6) is 1.69. The fourth-order valence-electron chi connectivity index (χ4n) is 1.73. The van der Waals surface area contributed by atoms with Crippen LogP contribution in [0.25, 0.3) is 0 Å². The van der Waals surface area contributed by atoms with Gasteiger partial charge in [-0.15, -0.1) is 0 Å². The third-order valence-corrected chi connectivity index (χ3v) is 3.23. The van der Waals surface area contributed by atoms with Crippen LogP contribution in [-0.2, 0) is 6.42 Å². The lowest BCUT2D eigenvalue weighted by atomic mass is 10.1. The Morgan fingerprint density at radius 3 is 2.88 bits per heavy atom. The predicted octanol–water partition coefficient (Wildman–Crippen LogP) is 2.89. The lowest BCUT2D eigenvalue weighted by Crippen LogP contribution is -2.19. The van der Waals surface area contributed by atoms with Gasteiger partial charge < -0.3 is 10.1 Å². The second-order valence-electron chi connectivity index (χ2n) is 4.37. The fourth-order valence-corrected chi connectivity index (χ4v) is 2.01. The van der Waals surface area contributed by atoms with Gasteiger partial charge >= 0.3 is 0 Å². The molecule has 0 heterocycles. The Labute approximate surface area is 102 Å². The van der Waals surface area contributed by atoms with E-state index in [-0.39, 0.29) is 0 Å². The summed E-state index contributed by atoms with van der Waals surface area (Å²) < 4.78 is 5.12. The molecule has 1 aliphatic carbocycles. The number of rotatable bonds is 6. The minimum Gasteiger partial charge on any atom is -0.495 e. The topological polar surface area (TPSA) is 21.3 Å². The molecule has 0 amide bonds. The Balaban J connectivity index is 1.77. The summed E-state index contributed by atoms with van der Waals surface area (Å²) in [7, 11) is 1.64. The quantitative estimate of drug-likeness (QED) is 0.771. The van der Waals surface area contributed by atoms with E-state index in [1.54, 1.807) is 7.11 Å². The Morgan fingerprint density at radius 1 is 1.44 bits per heavy atom. The third-order valence-electron chi connectivity index (χ3n) is 2.94. The first kappa shape index (κ1) is 11.7. The summed E-state index contributed by atoms with van der Waals surface area (Å²) >= 11 is 6.06. The van der Waals surface area contributed by atoms with E-state index in [2.05, 4.69) is 11.4 Å². The van der Waals surface area contributed by atoms with Crippen LogP contribution in [-0.4, -0.2) is 20.2 Å². The zero-order valence-electron chi connectivity index (χ0n) is 9.63. The molecule has 0 unspecified atom stereocenters. The first-order valence-corrected chi connectivity index (χ1v) is 6.20. The van der Waals surface area contributed by atoms with E-state index in [4.69, 9.17) is 16.3 Å². The lowest BCUT2D eigenvalue weighted by Gasteiger charge is -2.07. The van der Waals surface area contributed by atoms with E-state index in [1.807, 2.05) is 12.1 Å². The maximum absolute atomic E-state index is 6.06. The highest BCUT2D eigenvalue weighted by atomic mass is 35.5. The number of halogens is 1. The van der Waals surface area contributed by atoms with Crippen molar-refractivity contribution in [1.82, 2.24) is 5.32 Å². The minimum absolute atomic E-state index is 0.696. The van der Waals surface area contributed by atoms with Crippen LogP contribution >= 0.6 is 11.6 Å². The molecule has 0 aliphatic heterocycles. The molecule has 0 radical (unpaired) electrons. The van der Waals surface area contributed by atoms with Gasteiger partial charge in [-0.1, -0.05) is 17.7 Å². The zero-order chi connectivity index (χ0) is 11.4. The van der Waals surface area contributed by atoms with Crippen molar-refractivity contribution in [3.8, 4) is 5.75 Å². The summed E-state index contributed by atoms with van der Waals surface area (Å²) in [6.45, 7) is 2.20. The van der Waals surface area contributed by atoms with Crippen molar-refractivity contribution in [2.45, 2.75) is 19.3 Å². The van der Waals surface area contributed by atoms with Crippen molar-refractivity contribution in [3.05, 3.63) is 28.8 Å². The van der Waals surface area contributed by atoms with Gasteiger partial charge in [-0.05, 0) is 56.0 Å². The van der Waals surface area contributed by atoms with Crippen LogP contribution in [0.15, 0.2) is 18.2 Å². The van der Waals surface area contributed by atoms with Gasteiger partial charge in [-0.3, -0.25) is 0 Å². The fraction of sp³-hybridized carbons (Fsp3) is 0.538. The van der Waals surface area contributed by atoms with Crippen molar-refractivity contribution >= 4 is 11.6 Å². The van der Waals surface area contributed by atoms with Gasteiger partial charge in [0.05, 0.1) is 12.1 Å². The highest BCUT2D eigenvalue weighted by molar-refractivity contribution is 6.32. The average molecular weight is 240 g/mol. The summed E-state index contributed by atoms with van der Waals surface area (Å²) in [4.78, 5) is 0. The molecule has 0 saturated heterocycles. The first-order valence-electron chi connectivity index (χ1n) is 5.82. The number of hydrogen-bond donors (Lipinski definition) is 1. The Morgan fingerprint density at radius 2 is 2.25 bits per heavy atom. The number of ether oxygens (including phenoxy) is 1. The molecule has 88 valence electrons. The molecule has 16 heavy (non-hydrogen) atoms. The number of methoxy groups -OCH3 is 1. The van der Waals surface area contributed by atoms with Crippen LogP contribution in [0.1, 0.15) is 18.4 Å². The van der Waals surface area contributed by atoms with Gasteiger partial charge in [-0.2, -0.15) is 0 Å². The molecule has 0 bridgehead atoms. The van der Waals surface area contributed by atoms with Crippen LogP contribution in [0.5, 0.6) is 5.75 Å². The molecule has 0 atom stereocenters. The monoisotopic (exact) mass is 239 g/mol. The second kappa shape index (κ2) is 5.55. The Kier molecular flexibility index (Phi) is 4.08. The molecule has 1 aliphatic rings. The molecular formula is C13H18ClNO. The second-order valence-corrected chi connectivity index (χ2v) is 4.77. The van der Waals surface area contributed by atoms with E-state index in [1.165, 1.54) is 24.9 Å². The van der Waals surface area contributed by atoms with E-state index in [9.17, 15) is 0 Å². The van der Waals surface area contributed by atoms with Crippen LogP contribution in [0.2, 0.25) is 5.02 Å². The maximum atomic E-state index is 6.06. The summed E-state index contributed by atoms with van der Waals surface area (Å²) in [6.07, 6.45) is 3.83. The highest BCUT2D eigenvalue weighted by Gasteiger charge is 2.19. The molecule has 1 aromatic carbocycles. The van der Waals surface area contributed by atoms with Gasteiger partial charge in [0.1, 0.15) is 5.75 Å². The lowest BCUT2D eigenvalue weighted by molar-refractivity contribution is 0.415. The van der Waals surface area contributed by atoms with Crippen molar-refractivity contribution in [1.29, 1.82) is 0 Å². The number of hydrogen-bond acceptors (Lipinski definition) is 2. The van der Waals surface area contributed by atoms with Crippen molar-refractivity contribution in [3.63, 3.8) is 0 Å². The van der Waals surface area contributed by atoms with Gasteiger partial charge in [0, 0.05) is 0 Å². The maximum Gasteiger partial charge on any atom is 0.137 e. The van der Waals surface area contributed by atoms with Gasteiger partial charge in [-0.25, -0.2) is 0 Å². The number of benzene rings is 1. The molecule has 3 heteroatoms. The van der Waals surface area contributed by atoms with Gasteiger partial charge in [0.15, 0.2) is 0 Å². The normalized spacial score (nSPS) is 15.1. The minimum atomic E-state index is 0.696. The van der Waals surface area contributed by atoms with Gasteiger partial charge in [0.25, 0.3) is 0 Å². The van der Waals surface area contributed by atoms with Crippen molar-refractivity contribution < 1.29 is 4.74 Å². The van der Waals surface area contributed by atoms with Crippen molar-refractivity contribution in [2.75, 3.05) is 20.2 Å². The Bertz CT molecular complexity index is 350. The largest absolute Gasteiger partial charge is 0.495 e. The summed E-state index contributed by atoms with van der Waals surface area (Å²) in [6, 6.07) is 5.99. The number of nitrogens with one attached hydrogen (secondary N) is 1. The molecule has 1 aromatic rings. The molecule has 0 aromatic heterocycles. The molecular weight excluding hydrogens is 222 g/mol. The molecule has 1 fully saturated rings. The van der Waals surface area contributed by atoms with Gasteiger partial charge in [0.2, 0.25) is 0 Å². The average Bonchev–Trinajstić information content (AvgIpc) is 3.08. The van der Waals surface area contributed by atoms with Crippen LogP contribution in [0.3, 0.4) is 0 Å². The van der Waals surface area contributed by atoms with Crippen LogP contribution < -0.4 is 10.1 Å². The molecule has 2 nitrogen and oxygen atoms in total. The molecule has 2 rings (SSSR count). The molecule has 0 spiro atoms. The standard InChI is InChI=1S/C13H18ClNO/c1-16-13-5-4-10(8-12(13)14)6-7-15-9-11-2-3-11/h4-5,8,11,15H,2-3,6-7,9H2,1H3. The first-order chi connectivity index (χ1) is 7.79. The summed E-state index contributed by atoms with van der Waals surface area (Å²) in [5, 5.41) is 4.17. The zero-order valence-corrected chi connectivity index (χ0v) is 10.4. The van der Waals surface area contributed by atoms with Crippen LogP contribution in [0, 0.1) is 5.92 Å². The van der Waals surface area contributed by atoms with E-state index in [0.717, 1.165) is 24.6 Å². The van der Waals surface area contributed by atoms with Crippen LogP contribution in [0.4, 0.5) is 0 Å². The SMILES string of the molecule is COc1ccc(CCNCC2CC2)cc1Cl. The third kappa shape index (κ3) is 3.39. The van der Waals surface area contributed by atoms with E-state index < -0.39 is 0 Å².